The molecule has 2 aromatic carbocycles. The molecule has 4 heteroatoms. The Morgan fingerprint density at radius 3 is 2.70 bits per heavy atom. The Bertz CT molecular complexity index is 647. The van der Waals surface area contributed by atoms with Gasteiger partial charge in [-0.3, -0.25) is 0 Å². The number of nitriles is 1. The smallest absolute Gasteiger partial charge is 0.138 e. The van der Waals surface area contributed by atoms with Crippen LogP contribution in [0.2, 0.25) is 5.02 Å². The van der Waals surface area contributed by atoms with E-state index in [2.05, 4.69) is 6.07 Å². The van der Waals surface area contributed by atoms with Crippen molar-refractivity contribution < 1.29 is 9.84 Å². The average Bonchev–Trinajstić information content (AvgIpc) is 2.46. The van der Waals surface area contributed by atoms with Crippen molar-refractivity contribution >= 4 is 11.6 Å². The Hall–Kier alpha value is -2.02. The zero-order valence-electron chi connectivity index (χ0n) is 11.0. The van der Waals surface area contributed by atoms with Gasteiger partial charge in [-0.2, -0.15) is 5.26 Å². The van der Waals surface area contributed by atoms with Crippen LogP contribution in [-0.4, -0.2) is 5.11 Å². The van der Waals surface area contributed by atoms with Crippen molar-refractivity contribution in [3.63, 3.8) is 0 Å². The van der Waals surface area contributed by atoms with Crippen LogP contribution in [0.3, 0.4) is 0 Å². The maximum atomic E-state index is 9.48. The number of aliphatic hydroxyl groups excluding tert-OH is 1. The third kappa shape index (κ3) is 3.30. The minimum Gasteiger partial charge on any atom is -0.487 e. The second-order valence-electron chi connectivity index (χ2n) is 4.42. The molecule has 0 radical (unpaired) electrons. The van der Waals surface area contributed by atoms with Gasteiger partial charge in [-0.05, 0) is 30.7 Å². The van der Waals surface area contributed by atoms with Crippen LogP contribution in [-0.2, 0) is 6.61 Å². The molecule has 2 rings (SSSR count). The number of rotatable bonds is 4. The van der Waals surface area contributed by atoms with E-state index in [1.54, 1.807) is 31.2 Å². The van der Waals surface area contributed by atoms with Crippen LogP contribution >= 0.6 is 11.6 Å². The SMILES string of the molecule is C[C@H](O)c1ccc(OCc2ccccc2C#N)c(Cl)c1. The standard InChI is InChI=1S/C16H14ClNO2/c1-11(19)12-6-7-16(15(17)8-12)20-10-14-5-3-2-4-13(14)9-18/h2-8,11,19H,10H2,1H3/t11-/m0/s1. The van der Waals surface area contributed by atoms with Gasteiger partial charge in [0.05, 0.1) is 22.8 Å². The molecule has 0 saturated carbocycles. The molecule has 1 N–H and O–H groups in total. The van der Waals surface area contributed by atoms with Crippen LogP contribution in [0.1, 0.15) is 29.7 Å². The van der Waals surface area contributed by atoms with Crippen LogP contribution in [0, 0.1) is 11.3 Å². The Kier molecular flexibility index (Phi) is 4.62. The largest absolute Gasteiger partial charge is 0.487 e. The molecule has 0 aliphatic rings. The molecule has 0 saturated heterocycles. The van der Waals surface area contributed by atoms with Gasteiger partial charge < -0.3 is 9.84 Å². The van der Waals surface area contributed by atoms with Crippen LogP contribution in [0.5, 0.6) is 5.75 Å². The van der Waals surface area contributed by atoms with E-state index < -0.39 is 6.10 Å². The quantitative estimate of drug-likeness (QED) is 0.929. The summed E-state index contributed by atoms with van der Waals surface area (Å²) in [6, 6.07) is 14.6. The maximum Gasteiger partial charge on any atom is 0.138 e. The van der Waals surface area contributed by atoms with Crippen molar-refractivity contribution in [1.29, 1.82) is 5.26 Å². The summed E-state index contributed by atoms with van der Waals surface area (Å²) < 4.78 is 5.64. The summed E-state index contributed by atoms with van der Waals surface area (Å²) in [7, 11) is 0. The fourth-order valence-electron chi connectivity index (χ4n) is 1.80. The molecule has 0 fully saturated rings. The molecule has 0 aliphatic heterocycles. The fraction of sp³-hybridized carbons (Fsp3) is 0.188. The topological polar surface area (TPSA) is 53.2 Å². The summed E-state index contributed by atoms with van der Waals surface area (Å²) in [5.41, 5.74) is 2.13. The van der Waals surface area contributed by atoms with Gasteiger partial charge in [-0.1, -0.05) is 35.9 Å². The predicted octanol–water partition coefficient (Wildman–Crippen LogP) is 3.84. The van der Waals surface area contributed by atoms with Gasteiger partial charge in [-0.15, -0.1) is 0 Å². The number of nitrogens with zero attached hydrogens (tertiary/aromatic N) is 1. The van der Waals surface area contributed by atoms with Crippen LogP contribution in [0.4, 0.5) is 0 Å². The zero-order valence-corrected chi connectivity index (χ0v) is 11.8. The van der Waals surface area contributed by atoms with Crippen molar-refractivity contribution in [3.05, 3.63) is 64.2 Å². The molecule has 0 bridgehead atoms. The third-order valence-electron chi connectivity index (χ3n) is 2.96. The summed E-state index contributed by atoms with van der Waals surface area (Å²) in [6.45, 7) is 1.95. The lowest BCUT2D eigenvalue weighted by Crippen LogP contribution is -1.99. The molecule has 1 atom stereocenters. The number of ether oxygens (including phenoxy) is 1. The maximum absolute atomic E-state index is 9.48. The molecular formula is C16H14ClNO2. The molecule has 0 aliphatic carbocycles. The van der Waals surface area contributed by atoms with Crippen LogP contribution in [0.25, 0.3) is 0 Å². The highest BCUT2D eigenvalue weighted by Gasteiger charge is 2.08. The second-order valence-corrected chi connectivity index (χ2v) is 4.83. The molecule has 0 unspecified atom stereocenters. The summed E-state index contributed by atoms with van der Waals surface area (Å²) in [5.74, 6) is 0.531. The van der Waals surface area contributed by atoms with E-state index in [4.69, 9.17) is 21.6 Å². The second kappa shape index (κ2) is 6.42. The number of halogens is 1. The molecular weight excluding hydrogens is 274 g/mol. The first-order valence-electron chi connectivity index (χ1n) is 6.20. The van der Waals surface area contributed by atoms with E-state index in [9.17, 15) is 5.11 Å². The van der Waals surface area contributed by atoms with Gasteiger partial charge in [-0.25, -0.2) is 0 Å². The third-order valence-corrected chi connectivity index (χ3v) is 3.25. The number of hydrogen-bond acceptors (Lipinski definition) is 3. The van der Waals surface area contributed by atoms with E-state index in [1.165, 1.54) is 0 Å². The lowest BCUT2D eigenvalue weighted by Gasteiger charge is -2.11. The highest BCUT2D eigenvalue weighted by molar-refractivity contribution is 6.32. The van der Waals surface area contributed by atoms with E-state index in [0.29, 0.717) is 16.3 Å². The van der Waals surface area contributed by atoms with E-state index in [-0.39, 0.29) is 6.61 Å². The van der Waals surface area contributed by atoms with Crippen molar-refractivity contribution in [3.8, 4) is 11.8 Å². The van der Waals surface area contributed by atoms with E-state index in [0.717, 1.165) is 11.1 Å². The Labute approximate surface area is 123 Å². The van der Waals surface area contributed by atoms with Crippen LogP contribution < -0.4 is 4.74 Å². The van der Waals surface area contributed by atoms with E-state index >= 15 is 0 Å². The van der Waals surface area contributed by atoms with Gasteiger partial charge in [0.25, 0.3) is 0 Å². The van der Waals surface area contributed by atoms with Crippen molar-refractivity contribution in [2.24, 2.45) is 0 Å². The number of hydrogen-bond donors (Lipinski definition) is 1. The number of aliphatic hydroxyl groups is 1. The minimum atomic E-state index is -0.569. The first-order valence-corrected chi connectivity index (χ1v) is 6.58. The van der Waals surface area contributed by atoms with Crippen molar-refractivity contribution in [2.45, 2.75) is 19.6 Å². The van der Waals surface area contributed by atoms with Gasteiger partial charge in [0, 0.05) is 5.56 Å². The van der Waals surface area contributed by atoms with Crippen molar-refractivity contribution in [1.82, 2.24) is 0 Å². The molecule has 102 valence electrons. The van der Waals surface area contributed by atoms with Gasteiger partial charge >= 0.3 is 0 Å². The molecule has 3 nitrogen and oxygen atoms in total. The Morgan fingerprint density at radius 2 is 2.05 bits per heavy atom. The zero-order chi connectivity index (χ0) is 14.5. The van der Waals surface area contributed by atoms with E-state index in [1.807, 2.05) is 18.2 Å². The lowest BCUT2D eigenvalue weighted by molar-refractivity contribution is 0.199. The van der Waals surface area contributed by atoms with Gasteiger partial charge in [0.15, 0.2) is 0 Å². The molecule has 0 amide bonds. The van der Waals surface area contributed by atoms with Gasteiger partial charge in [0.1, 0.15) is 12.4 Å². The average molecular weight is 288 g/mol. The molecule has 2 aromatic rings. The van der Waals surface area contributed by atoms with Crippen LogP contribution in [0.15, 0.2) is 42.5 Å². The fourth-order valence-corrected chi connectivity index (χ4v) is 2.05. The lowest BCUT2D eigenvalue weighted by atomic mass is 10.1. The summed E-state index contributed by atoms with van der Waals surface area (Å²) in [6.07, 6.45) is -0.569. The molecule has 0 aromatic heterocycles. The summed E-state index contributed by atoms with van der Waals surface area (Å²) in [4.78, 5) is 0. The highest BCUT2D eigenvalue weighted by Crippen LogP contribution is 2.28. The summed E-state index contributed by atoms with van der Waals surface area (Å²) in [5, 5.41) is 18.9. The molecule has 0 heterocycles. The predicted molar refractivity (Wildman–Crippen MR) is 77.6 cm³/mol. The summed E-state index contributed by atoms with van der Waals surface area (Å²) >= 11 is 6.11. The highest BCUT2D eigenvalue weighted by atomic mass is 35.5. The monoisotopic (exact) mass is 287 g/mol. The molecule has 0 spiro atoms. The Balaban J connectivity index is 2.14. The Morgan fingerprint density at radius 1 is 1.30 bits per heavy atom. The first-order chi connectivity index (χ1) is 9.61. The normalized spacial score (nSPS) is 11.7. The molecule has 20 heavy (non-hydrogen) atoms. The number of benzene rings is 2. The minimum absolute atomic E-state index is 0.275. The van der Waals surface area contributed by atoms with Gasteiger partial charge in [0.2, 0.25) is 0 Å². The van der Waals surface area contributed by atoms with Crippen molar-refractivity contribution in [2.75, 3.05) is 0 Å². The first kappa shape index (κ1) is 14.4.